The number of amides is 3. The molecule has 1 N–H and O–H groups in total. The summed E-state index contributed by atoms with van der Waals surface area (Å²) in [7, 11) is 0. The van der Waals surface area contributed by atoms with Crippen LogP contribution >= 0.6 is 11.3 Å². The summed E-state index contributed by atoms with van der Waals surface area (Å²) in [4.78, 5) is 41.6. The Hall–Kier alpha value is -2.81. The summed E-state index contributed by atoms with van der Waals surface area (Å²) in [5.74, 6) is -0.198. The molecule has 0 saturated carbocycles. The third-order valence-electron chi connectivity index (χ3n) is 5.34. The molecule has 9 heteroatoms. The quantitative estimate of drug-likeness (QED) is 0.813. The van der Waals surface area contributed by atoms with Crippen LogP contribution in [0.4, 0.5) is 10.8 Å². The minimum Gasteiger partial charge on any atom is -0.306 e. The highest BCUT2D eigenvalue weighted by Gasteiger charge is 2.53. The summed E-state index contributed by atoms with van der Waals surface area (Å²) >= 11 is 1.34. The van der Waals surface area contributed by atoms with E-state index in [1.54, 1.807) is 23.1 Å². The van der Waals surface area contributed by atoms with E-state index in [4.69, 9.17) is 0 Å². The Kier molecular flexibility index (Phi) is 4.85. The van der Waals surface area contributed by atoms with Crippen molar-refractivity contribution in [2.75, 3.05) is 16.8 Å². The SMILES string of the molecule is CC(C)Cc1nnc(NC(=O)CN2C(=O)c3ccccc3N3C(=O)CCC23C)s1. The average Bonchev–Trinajstić information content (AvgIpc) is 3.22. The summed E-state index contributed by atoms with van der Waals surface area (Å²) in [6.45, 7) is 5.86. The number of anilines is 2. The van der Waals surface area contributed by atoms with Gasteiger partial charge in [0.15, 0.2) is 0 Å². The first-order chi connectivity index (χ1) is 13.8. The fraction of sp³-hybridized carbons (Fsp3) is 0.450. The molecule has 2 aliphatic heterocycles. The van der Waals surface area contributed by atoms with Crippen molar-refractivity contribution in [3.05, 3.63) is 34.8 Å². The highest BCUT2D eigenvalue weighted by Crippen LogP contribution is 2.43. The summed E-state index contributed by atoms with van der Waals surface area (Å²) in [6, 6.07) is 7.04. The van der Waals surface area contributed by atoms with Gasteiger partial charge in [-0.3, -0.25) is 24.6 Å². The van der Waals surface area contributed by atoms with Gasteiger partial charge >= 0.3 is 0 Å². The van der Waals surface area contributed by atoms with Gasteiger partial charge in [-0.2, -0.15) is 0 Å². The maximum absolute atomic E-state index is 13.2. The Balaban J connectivity index is 1.56. The molecule has 1 unspecified atom stereocenters. The number of nitrogens with zero attached hydrogens (tertiary/aromatic N) is 4. The zero-order valence-electron chi connectivity index (χ0n) is 16.6. The van der Waals surface area contributed by atoms with Crippen molar-refractivity contribution in [2.24, 2.45) is 5.92 Å². The van der Waals surface area contributed by atoms with Crippen molar-refractivity contribution < 1.29 is 14.4 Å². The summed E-state index contributed by atoms with van der Waals surface area (Å²) < 4.78 is 0. The fourth-order valence-corrected chi connectivity index (χ4v) is 4.95. The Morgan fingerprint density at radius 2 is 2.03 bits per heavy atom. The van der Waals surface area contributed by atoms with E-state index in [0.29, 0.717) is 35.1 Å². The standard InChI is InChI=1S/C20H23N5O3S/c1-12(2)10-16-22-23-19(29-16)21-15(26)11-24-18(28)13-6-4-5-7-14(13)25-17(27)8-9-20(24,25)3/h4-7,12H,8-11H2,1-3H3,(H,21,23,26). The lowest BCUT2D eigenvalue weighted by Crippen LogP contribution is -2.63. The van der Waals surface area contributed by atoms with Crippen molar-refractivity contribution in [1.29, 1.82) is 0 Å². The van der Waals surface area contributed by atoms with Crippen LogP contribution in [-0.2, 0) is 16.0 Å². The number of benzene rings is 1. The molecule has 3 heterocycles. The van der Waals surface area contributed by atoms with E-state index < -0.39 is 5.66 Å². The van der Waals surface area contributed by atoms with Crippen LogP contribution < -0.4 is 10.2 Å². The zero-order valence-corrected chi connectivity index (χ0v) is 17.5. The molecule has 2 aliphatic rings. The van der Waals surface area contributed by atoms with Gasteiger partial charge in [-0.25, -0.2) is 0 Å². The molecule has 1 fully saturated rings. The van der Waals surface area contributed by atoms with E-state index in [1.807, 2.05) is 13.0 Å². The Bertz CT molecular complexity index is 988. The first kappa shape index (κ1) is 19.5. The lowest BCUT2D eigenvalue weighted by Gasteiger charge is -2.48. The molecule has 29 heavy (non-hydrogen) atoms. The van der Waals surface area contributed by atoms with Gasteiger partial charge in [-0.05, 0) is 31.4 Å². The number of nitrogens with one attached hydrogen (secondary N) is 1. The van der Waals surface area contributed by atoms with Crippen molar-refractivity contribution in [3.8, 4) is 0 Å². The van der Waals surface area contributed by atoms with Gasteiger partial charge in [-0.1, -0.05) is 37.3 Å². The monoisotopic (exact) mass is 413 g/mol. The minimum absolute atomic E-state index is 0.0414. The minimum atomic E-state index is -0.857. The number of hydrogen-bond acceptors (Lipinski definition) is 6. The average molecular weight is 414 g/mol. The highest BCUT2D eigenvalue weighted by molar-refractivity contribution is 7.15. The van der Waals surface area contributed by atoms with Crippen molar-refractivity contribution in [1.82, 2.24) is 15.1 Å². The maximum atomic E-state index is 13.2. The molecule has 8 nitrogen and oxygen atoms in total. The molecular weight excluding hydrogens is 390 g/mol. The van der Waals surface area contributed by atoms with E-state index in [2.05, 4.69) is 29.4 Å². The van der Waals surface area contributed by atoms with Gasteiger partial charge < -0.3 is 4.90 Å². The molecule has 0 aliphatic carbocycles. The molecule has 0 bridgehead atoms. The van der Waals surface area contributed by atoms with Crippen LogP contribution in [0.3, 0.4) is 0 Å². The molecule has 1 atom stereocenters. The van der Waals surface area contributed by atoms with Crippen LogP contribution in [0, 0.1) is 5.92 Å². The van der Waals surface area contributed by atoms with E-state index in [1.165, 1.54) is 16.2 Å². The second-order valence-corrected chi connectivity index (χ2v) is 9.06. The molecule has 1 aromatic carbocycles. The molecule has 1 saturated heterocycles. The number of aromatic nitrogens is 2. The van der Waals surface area contributed by atoms with E-state index in [-0.39, 0.29) is 24.3 Å². The van der Waals surface area contributed by atoms with Crippen LogP contribution in [-0.4, -0.2) is 45.0 Å². The molecule has 0 spiro atoms. The van der Waals surface area contributed by atoms with Crippen LogP contribution in [0.25, 0.3) is 0 Å². The van der Waals surface area contributed by atoms with Gasteiger partial charge in [0.2, 0.25) is 16.9 Å². The number of fused-ring (bicyclic) bond motifs is 3. The lowest BCUT2D eigenvalue weighted by molar-refractivity contribution is -0.120. The summed E-state index contributed by atoms with van der Waals surface area (Å²) in [5.41, 5.74) is 0.189. The van der Waals surface area contributed by atoms with E-state index in [9.17, 15) is 14.4 Å². The van der Waals surface area contributed by atoms with Gasteiger partial charge in [0.1, 0.15) is 17.2 Å². The number of carbonyl (C=O) groups excluding carboxylic acids is 3. The van der Waals surface area contributed by atoms with Gasteiger partial charge in [0.25, 0.3) is 5.91 Å². The lowest BCUT2D eigenvalue weighted by atomic mass is 9.98. The first-order valence-corrected chi connectivity index (χ1v) is 10.5. The van der Waals surface area contributed by atoms with Crippen molar-refractivity contribution in [3.63, 3.8) is 0 Å². The Morgan fingerprint density at radius 3 is 2.79 bits per heavy atom. The third-order valence-corrected chi connectivity index (χ3v) is 6.20. The Labute approximate surface area is 172 Å². The fourth-order valence-electron chi connectivity index (χ4n) is 3.98. The van der Waals surface area contributed by atoms with Crippen LogP contribution in [0.2, 0.25) is 0 Å². The predicted octanol–water partition coefficient (Wildman–Crippen LogP) is 2.67. The number of para-hydroxylation sites is 1. The Morgan fingerprint density at radius 1 is 1.28 bits per heavy atom. The van der Waals surface area contributed by atoms with Crippen molar-refractivity contribution >= 4 is 39.9 Å². The zero-order chi connectivity index (χ0) is 20.8. The smallest absolute Gasteiger partial charge is 0.258 e. The normalized spacial score (nSPS) is 20.8. The predicted molar refractivity (Wildman–Crippen MR) is 110 cm³/mol. The molecule has 2 aromatic rings. The molecular formula is C20H23N5O3S. The maximum Gasteiger partial charge on any atom is 0.258 e. The van der Waals surface area contributed by atoms with Crippen LogP contribution in [0.5, 0.6) is 0 Å². The van der Waals surface area contributed by atoms with Gasteiger partial charge in [-0.15, -0.1) is 10.2 Å². The van der Waals surface area contributed by atoms with Gasteiger partial charge in [0.05, 0.1) is 11.3 Å². The largest absolute Gasteiger partial charge is 0.306 e. The number of carbonyl (C=O) groups is 3. The summed E-state index contributed by atoms with van der Waals surface area (Å²) in [6.07, 6.45) is 1.62. The second kappa shape index (κ2) is 7.22. The van der Waals surface area contributed by atoms with E-state index >= 15 is 0 Å². The highest BCUT2D eigenvalue weighted by atomic mass is 32.1. The molecule has 4 rings (SSSR count). The van der Waals surface area contributed by atoms with Crippen molar-refractivity contribution in [2.45, 2.75) is 45.7 Å². The summed E-state index contributed by atoms with van der Waals surface area (Å²) in [5, 5.41) is 12.1. The third kappa shape index (κ3) is 3.39. The topological polar surface area (TPSA) is 95.5 Å². The van der Waals surface area contributed by atoms with E-state index in [0.717, 1.165) is 11.4 Å². The molecule has 0 radical (unpaired) electrons. The molecule has 152 valence electrons. The second-order valence-electron chi connectivity index (χ2n) is 8.00. The molecule has 1 aromatic heterocycles. The van der Waals surface area contributed by atoms with Crippen LogP contribution in [0.1, 0.15) is 49.0 Å². The molecule has 3 amide bonds. The van der Waals surface area contributed by atoms with Gasteiger partial charge in [0, 0.05) is 12.8 Å². The van der Waals surface area contributed by atoms with Crippen LogP contribution in [0.15, 0.2) is 24.3 Å². The number of rotatable bonds is 5. The first-order valence-electron chi connectivity index (χ1n) is 9.66. The number of hydrogen-bond donors (Lipinski definition) is 1.